The van der Waals surface area contributed by atoms with E-state index in [4.69, 9.17) is 9.73 Å². The molecule has 5 aromatic carbocycles. The van der Waals surface area contributed by atoms with Gasteiger partial charge >= 0.3 is 0 Å². The minimum absolute atomic E-state index is 0.562. The Kier molecular flexibility index (Phi) is 6.75. The summed E-state index contributed by atoms with van der Waals surface area (Å²) in [5.74, 6) is 1.76. The SMILES string of the molecule is CCN(CC)c1ccc2c(c1)Oc1ccc(Nc3ccccc3)cc1C21SC(c2ccccc2)=Nc2ccc(C)cc21. The van der Waals surface area contributed by atoms with E-state index in [2.05, 4.69) is 128 Å². The Bertz CT molecular complexity index is 1800. The number of anilines is 3. The summed E-state index contributed by atoms with van der Waals surface area (Å²) < 4.78 is 6.21. The van der Waals surface area contributed by atoms with Crippen molar-refractivity contribution in [3.8, 4) is 11.5 Å². The second kappa shape index (κ2) is 10.7. The van der Waals surface area contributed by atoms with E-state index in [0.717, 1.165) is 63.4 Å². The smallest absolute Gasteiger partial charge is 0.134 e. The van der Waals surface area contributed by atoms with E-state index in [0.29, 0.717) is 0 Å². The molecule has 2 aliphatic rings. The van der Waals surface area contributed by atoms with Crippen LogP contribution in [0.4, 0.5) is 22.7 Å². The molecular formula is C37H33N3OS. The van der Waals surface area contributed by atoms with Crippen molar-refractivity contribution < 1.29 is 4.74 Å². The number of fused-ring (bicyclic) bond motifs is 6. The van der Waals surface area contributed by atoms with Gasteiger partial charge < -0.3 is 15.0 Å². The molecule has 0 saturated carbocycles. The summed E-state index contributed by atoms with van der Waals surface area (Å²) in [6.45, 7) is 8.42. The lowest BCUT2D eigenvalue weighted by Crippen LogP contribution is -2.33. The number of rotatable bonds is 6. The number of nitrogens with one attached hydrogen (secondary N) is 1. The van der Waals surface area contributed by atoms with Crippen molar-refractivity contribution in [2.75, 3.05) is 23.3 Å². The Morgan fingerprint density at radius 1 is 0.714 bits per heavy atom. The van der Waals surface area contributed by atoms with Crippen LogP contribution in [0, 0.1) is 6.92 Å². The number of hydrogen-bond acceptors (Lipinski definition) is 5. The van der Waals surface area contributed by atoms with Crippen molar-refractivity contribution in [2.45, 2.75) is 25.5 Å². The molecule has 0 aromatic heterocycles. The third-order valence-corrected chi connectivity index (χ3v) is 9.62. The number of aryl methyl sites for hydroxylation is 1. The summed E-state index contributed by atoms with van der Waals surface area (Å²) in [6, 6.07) is 40.7. The zero-order chi connectivity index (χ0) is 28.7. The Morgan fingerprint density at radius 3 is 2.24 bits per heavy atom. The van der Waals surface area contributed by atoms with Gasteiger partial charge in [0.05, 0.1) is 5.69 Å². The highest BCUT2D eigenvalue weighted by atomic mass is 32.2. The molecule has 0 fully saturated rings. The molecule has 7 rings (SSSR count). The summed E-state index contributed by atoms with van der Waals surface area (Å²) in [7, 11) is 0. The first-order chi connectivity index (χ1) is 20.6. The molecule has 0 saturated heterocycles. The van der Waals surface area contributed by atoms with Gasteiger partial charge in [0.1, 0.15) is 21.3 Å². The zero-order valence-corrected chi connectivity index (χ0v) is 24.9. The molecule has 208 valence electrons. The van der Waals surface area contributed by atoms with Gasteiger partial charge in [0, 0.05) is 58.5 Å². The van der Waals surface area contributed by atoms with Gasteiger partial charge in [-0.15, -0.1) is 0 Å². The first-order valence-corrected chi connectivity index (χ1v) is 15.4. The number of para-hydroxylation sites is 1. The standard InChI is InChI=1S/C37H33N3OS/c1-4-40(5-2)29-18-19-30-35(24-29)41-34-21-17-28(38-27-14-10-7-11-15-27)23-32(34)37(30)31-22-25(3)16-20-33(31)39-36(42-37)26-12-8-6-9-13-26/h6-24,38H,4-5H2,1-3H3. The first kappa shape index (κ1) is 26.4. The van der Waals surface area contributed by atoms with Crippen molar-refractivity contribution in [2.24, 2.45) is 4.99 Å². The number of aliphatic imine (C=N–C) groups is 1. The van der Waals surface area contributed by atoms with Gasteiger partial charge in [-0.1, -0.05) is 84.1 Å². The largest absolute Gasteiger partial charge is 0.457 e. The van der Waals surface area contributed by atoms with Crippen molar-refractivity contribution in [3.63, 3.8) is 0 Å². The fourth-order valence-electron chi connectivity index (χ4n) is 6.06. The molecule has 5 aromatic rings. The number of benzene rings is 5. The van der Waals surface area contributed by atoms with Gasteiger partial charge in [-0.25, -0.2) is 4.99 Å². The van der Waals surface area contributed by atoms with Crippen LogP contribution in [0.15, 0.2) is 120 Å². The van der Waals surface area contributed by atoms with Crippen LogP contribution in [-0.2, 0) is 4.75 Å². The Balaban J connectivity index is 1.49. The van der Waals surface area contributed by atoms with Crippen molar-refractivity contribution >= 4 is 39.6 Å². The summed E-state index contributed by atoms with van der Waals surface area (Å²) in [5, 5.41) is 4.62. The van der Waals surface area contributed by atoms with Crippen LogP contribution < -0.4 is 15.0 Å². The third kappa shape index (κ3) is 4.45. The summed E-state index contributed by atoms with van der Waals surface area (Å²) in [5.41, 5.74) is 9.99. The molecule has 0 amide bonds. The van der Waals surface area contributed by atoms with Gasteiger partial charge in [0.15, 0.2) is 0 Å². The first-order valence-electron chi connectivity index (χ1n) is 14.6. The second-order valence-electron chi connectivity index (χ2n) is 10.7. The molecule has 0 bridgehead atoms. The average molecular weight is 568 g/mol. The van der Waals surface area contributed by atoms with Crippen LogP contribution in [0.3, 0.4) is 0 Å². The number of thioether (sulfide) groups is 1. The van der Waals surface area contributed by atoms with Gasteiger partial charge in [-0.3, -0.25) is 0 Å². The maximum atomic E-state index is 6.77. The minimum Gasteiger partial charge on any atom is -0.457 e. The van der Waals surface area contributed by atoms with Crippen LogP contribution >= 0.6 is 11.8 Å². The molecule has 0 radical (unpaired) electrons. The van der Waals surface area contributed by atoms with E-state index in [1.54, 1.807) is 0 Å². The fraction of sp³-hybridized carbons (Fsp3) is 0.162. The van der Waals surface area contributed by atoms with E-state index >= 15 is 0 Å². The molecular weight excluding hydrogens is 534 g/mol. The topological polar surface area (TPSA) is 36.9 Å². The van der Waals surface area contributed by atoms with Gasteiger partial charge in [-0.2, -0.15) is 0 Å². The highest BCUT2D eigenvalue weighted by molar-refractivity contribution is 8.15. The van der Waals surface area contributed by atoms with E-state index in [-0.39, 0.29) is 0 Å². The molecule has 2 aliphatic heterocycles. The lowest BCUT2D eigenvalue weighted by Gasteiger charge is -2.43. The summed E-state index contributed by atoms with van der Waals surface area (Å²) in [6.07, 6.45) is 0. The van der Waals surface area contributed by atoms with Crippen LogP contribution in [0.2, 0.25) is 0 Å². The number of nitrogens with zero attached hydrogens (tertiary/aromatic N) is 2. The maximum absolute atomic E-state index is 6.77. The predicted molar refractivity (Wildman–Crippen MR) is 178 cm³/mol. The quantitative estimate of drug-likeness (QED) is 0.222. The third-order valence-electron chi connectivity index (χ3n) is 8.14. The van der Waals surface area contributed by atoms with Crippen LogP contribution in [0.5, 0.6) is 11.5 Å². The average Bonchev–Trinajstić information content (AvgIpc) is 3.03. The number of hydrogen-bond donors (Lipinski definition) is 1. The van der Waals surface area contributed by atoms with Gasteiger partial charge in [-0.05, 0) is 63.2 Å². The van der Waals surface area contributed by atoms with E-state index < -0.39 is 4.75 Å². The lowest BCUT2D eigenvalue weighted by atomic mass is 9.79. The molecule has 1 atom stereocenters. The molecule has 5 heteroatoms. The predicted octanol–water partition coefficient (Wildman–Crippen LogP) is 9.81. The van der Waals surface area contributed by atoms with E-state index in [1.165, 1.54) is 16.8 Å². The van der Waals surface area contributed by atoms with E-state index in [9.17, 15) is 0 Å². The normalized spacial score (nSPS) is 16.5. The van der Waals surface area contributed by atoms with E-state index in [1.807, 2.05) is 30.0 Å². The molecule has 1 N–H and O–H groups in total. The van der Waals surface area contributed by atoms with Crippen LogP contribution in [0.1, 0.15) is 41.7 Å². The summed E-state index contributed by atoms with van der Waals surface area (Å²) in [4.78, 5) is 7.59. The Morgan fingerprint density at radius 2 is 1.48 bits per heavy atom. The van der Waals surface area contributed by atoms with Crippen LogP contribution in [0.25, 0.3) is 0 Å². The maximum Gasteiger partial charge on any atom is 0.134 e. The molecule has 4 nitrogen and oxygen atoms in total. The lowest BCUT2D eigenvalue weighted by molar-refractivity contribution is 0.447. The van der Waals surface area contributed by atoms with Crippen molar-refractivity contribution in [1.82, 2.24) is 0 Å². The molecule has 0 aliphatic carbocycles. The Labute approximate surface area is 252 Å². The van der Waals surface area contributed by atoms with Crippen molar-refractivity contribution in [3.05, 3.63) is 143 Å². The van der Waals surface area contributed by atoms with Crippen LogP contribution in [-0.4, -0.2) is 18.1 Å². The fourth-order valence-corrected chi connectivity index (χ4v) is 7.57. The second-order valence-corrected chi connectivity index (χ2v) is 11.9. The molecule has 1 spiro atoms. The number of ether oxygens (including phenoxy) is 1. The minimum atomic E-state index is -0.562. The van der Waals surface area contributed by atoms with Gasteiger partial charge in [0.25, 0.3) is 0 Å². The monoisotopic (exact) mass is 567 g/mol. The molecule has 1 unspecified atom stereocenters. The molecule has 42 heavy (non-hydrogen) atoms. The highest BCUT2D eigenvalue weighted by Gasteiger charge is 2.49. The van der Waals surface area contributed by atoms with Crippen molar-refractivity contribution in [1.29, 1.82) is 0 Å². The zero-order valence-electron chi connectivity index (χ0n) is 24.1. The Hall–Kier alpha value is -4.48. The molecule has 2 heterocycles. The highest BCUT2D eigenvalue weighted by Crippen LogP contribution is 2.62. The van der Waals surface area contributed by atoms with Gasteiger partial charge in [0.2, 0.25) is 0 Å². The summed E-state index contributed by atoms with van der Waals surface area (Å²) >= 11 is 1.81.